The number of ketones is 1. The fourth-order valence-corrected chi connectivity index (χ4v) is 2.24. The molecule has 0 bridgehead atoms. The van der Waals surface area contributed by atoms with Crippen molar-refractivity contribution in [3.05, 3.63) is 64.8 Å². The second kappa shape index (κ2) is 7.70. The molecule has 0 fully saturated rings. The molecule has 0 radical (unpaired) electrons. The summed E-state index contributed by atoms with van der Waals surface area (Å²) < 4.78 is 10.4. The number of carbonyl (C=O) groups excluding carboxylic acids is 1. The van der Waals surface area contributed by atoms with Crippen LogP contribution in [0.5, 0.6) is 11.5 Å². The second-order valence-electron chi connectivity index (χ2n) is 4.82. The van der Waals surface area contributed by atoms with E-state index in [1.807, 2.05) is 25.1 Å². The molecule has 2 rings (SSSR count). The number of methoxy groups -OCH3 is 2. The maximum absolute atomic E-state index is 12.3. The molecule has 120 valence electrons. The molecular formula is C18H18ClNO3. The largest absolute Gasteiger partial charge is 0.497 e. The molecule has 5 heteroatoms. The Bertz CT molecular complexity index is 741. The number of rotatable bonds is 6. The molecule has 2 aromatic carbocycles. The first-order valence-electron chi connectivity index (χ1n) is 7.01. The average molecular weight is 332 g/mol. The van der Waals surface area contributed by atoms with E-state index >= 15 is 0 Å². The Morgan fingerprint density at radius 3 is 2.65 bits per heavy atom. The molecule has 2 aromatic rings. The molecule has 0 aromatic heterocycles. The summed E-state index contributed by atoms with van der Waals surface area (Å²) in [4.78, 5) is 12.3. The van der Waals surface area contributed by atoms with Crippen molar-refractivity contribution >= 4 is 23.1 Å². The van der Waals surface area contributed by atoms with Crippen LogP contribution in [0.25, 0.3) is 0 Å². The van der Waals surface area contributed by atoms with Crippen molar-refractivity contribution in [2.45, 2.75) is 6.92 Å². The Kier molecular flexibility index (Phi) is 5.66. The number of hydrogen-bond donors (Lipinski definition) is 1. The van der Waals surface area contributed by atoms with Crippen LogP contribution in [0.2, 0.25) is 5.02 Å². The number of halogens is 1. The predicted molar refractivity (Wildman–Crippen MR) is 92.8 cm³/mol. The fraction of sp³-hybridized carbons (Fsp3) is 0.167. The van der Waals surface area contributed by atoms with Gasteiger partial charge in [0, 0.05) is 23.0 Å². The minimum Gasteiger partial charge on any atom is -0.497 e. The molecule has 0 saturated heterocycles. The lowest BCUT2D eigenvalue weighted by molar-refractivity contribution is 0.104. The molecule has 0 heterocycles. The highest BCUT2D eigenvalue weighted by atomic mass is 35.5. The van der Waals surface area contributed by atoms with Crippen LogP contribution in [0.4, 0.5) is 5.69 Å². The van der Waals surface area contributed by atoms with E-state index < -0.39 is 0 Å². The van der Waals surface area contributed by atoms with E-state index in [0.717, 1.165) is 11.3 Å². The normalized spacial score (nSPS) is 10.6. The van der Waals surface area contributed by atoms with E-state index in [1.165, 1.54) is 13.2 Å². The minimum absolute atomic E-state index is 0.187. The number of anilines is 1. The van der Waals surface area contributed by atoms with Gasteiger partial charge in [0.1, 0.15) is 11.5 Å². The van der Waals surface area contributed by atoms with Crippen molar-refractivity contribution in [2.24, 2.45) is 0 Å². The third kappa shape index (κ3) is 4.05. The second-order valence-corrected chi connectivity index (χ2v) is 5.23. The van der Waals surface area contributed by atoms with Crippen molar-refractivity contribution in [1.29, 1.82) is 0 Å². The number of benzene rings is 2. The number of nitrogens with one attached hydrogen (secondary N) is 1. The van der Waals surface area contributed by atoms with Gasteiger partial charge in [0.25, 0.3) is 0 Å². The summed E-state index contributed by atoms with van der Waals surface area (Å²) >= 11 is 6.06. The van der Waals surface area contributed by atoms with Crippen LogP contribution in [0.3, 0.4) is 0 Å². The van der Waals surface area contributed by atoms with Crippen LogP contribution < -0.4 is 14.8 Å². The molecule has 4 nitrogen and oxygen atoms in total. The lowest BCUT2D eigenvalue weighted by Crippen LogP contribution is -2.01. The summed E-state index contributed by atoms with van der Waals surface area (Å²) in [6, 6.07) is 10.6. The van der Waals surface area contributed by atoms with Crippen LogP contribution in [0, 0.1) is 6.92 Å². The Morgan fingerprint density at radius 2 is 1.96 bits per heavy atom. The Labute approximate surface area is 140 Å². The SMILES string of the molecule is COc1ccc(OC)c(C(=O)C=CNc2cccc(Cl)c2C)c1. The van der Waals surface area contributed by atoms with E-state index in [2.05, 4.69) is 5.32 Å². The summed E-state index contributed by atoms with van der Waals surface area (Å²) in [6.07, 6.45) is 3.03. The number of ether oxygens (including phenoxy) is 2. The summed E-state index contributed by atoms with van der Waals surface area (Å²) in [5.41, 5.74) is 2.21. The minimum atomic E-state index is -0.187. The zero-order valence-corrected chi connectivity index (χ0v) is 14.0. The number of allylic oxidation sites excluding steroid dienone is 1. The highest BCUT2D eigenvalue weighted by molar-refractivity contribution is 6.31. The first-order valence-corrected chi connectivity index (χ1v) is 7.39. The van der Waals surface area contributed by atoms with Gasteiger partial charge < -0.3 is 14.8 Å². The van der Waals surface area contributed by atoms with E-state index in [4.69, 9.17) is 21.1 Å². The van der Waals surface area contributed by atoms with Gasteiger partial charge in [-0.15, -0.1) is 0 Å². The molecule has 0 spiro atoms. The van der Waals surface area contributed by atoms with E-state index in [0.29, 0.717) is 22.1 Å². The van der Waals surface area contributed by atoms with Gasteiger partial charge in [-0.1, -0.05) is 17.7 Å². The number of carbonyl (C=O) groups is 1. The summed E-state index contributed by atoms with van der Waals surface area (Å²) in [6.45, 7) is 1.91. The maximum atomic E-state index is 12.3. The smallest absolute Gasteiger partial charge is 0.191 e. The topological polar surface area (TPSA) is 47.6 Å². The highest BCUT2D eigenvalue weighted by Gasteiger charge is 2.11. The first-order chi connectivity index (χ1) is 11.1. The molecule has 0 saturated carbocycles. The molecule has 0 unspecified atom stereocenters. The maximum Gasteiger partial charge on any atom is 0.191 e. The monoisotopic (exact) mass is 331 g/mol. The average Bonchev–Trinajstić information content (AvgIpc) is 2.57. The van der Waals surface area contributed by atoms with Gasteiger partial charge in [-0.25, -0.2) is 0 Å². The third-order valence-electron chi connectivity index (χ3n) is 3.41. The van der Waals surface area contributed by atoms with Gasteiger partial charge in [0.05, 0.1) is 19.8 Å². The molecule has 0 atom stereocenters. The molecule has 0 amide bonds. The van der Waals surface area contributed by atoms with E-state index in [1.54, 1.807) is 31.5 Å². The summed E-state index contributed by atoms with van der Waals surface area (Å²) in [5.74, 6) is 0.911. The lowest BCUT2D eigenvalue weighted by Gasteiger charge is -2.08. The quantitative estimate of drug-likeness (QED) is 0.626. The van der Waals surface area contributed by atoms with Crippen LogP contribution in [-0.4, -0.2) is 20.0 Å². The Hall–Kier alpha value is -2.46. The molecule has 1 N–H and O–H groups in total. The molecule has 0 aliphatic carbocycles. The van der Waals surface area contributed by atoms with Crippen LogP contribution in [0.15, 0.2) is 48.7 Å². The molecule has 23 heavy (non-hydrogen) atoms. The van der Waals surface area contributed by atoms with Gasteiger partial charge in [-0.05, 0) is 42.8 Å². The Morgan fingerprint density at radius 1 is 1.17 bits per heavy atom. The van der Waals surface area contributed by atoms with Crippen LogP contribution in [0.1, 0.15) is 15.9 Å². The van der Waals surface area contributed by atoms with Crippen molar-refractivity contribution in [2.75, 3.05) is 19.5 Å². The first kappa shape index (κ1) is 16.9. The summed E-state index contributed by atoms with van der Waals surface area (Å²) in [7, 11) is 3.07. The van der Waals surface area contributed by atoms with Crippen LogP contribution >= 0.6 is 11.6 Å². The molecule has 0 aliphatic heterocycles. The lowest BCUT2D eigenvalue weighted by atomic mass is 10.1. The van der Waals surface area contributed by atoms with E-state index in [-0.39, 0.29) is 5.78 Å². The molecule has 0 aliphatic rings. The predicted octanol–water partition coefficient (Wildman–Crippen LogP) is 4.47. The van der Waals surface area contributed by atoms with Crippen molar-refractivity contribution in [3.63, 3.8) is 0 Å². The highest BCUT2D eigenvalue weighted by Crippen LogP contribution is 2.25. The van der Waals surface area contributed by atoms with Gasteiger partial charge in [-0.2, -0.15) is 0 Å². The van der Waals surface area contributed by atoms with Crippen molar-refractivity contribution in [1.82, 2.24) is 0 Å². The van der Waals surface area contributed by atoms with Crippen molar-refractivity contribution < 1.29 is 14.3 Å². The fourth-order valence-electron chi connectivity index (χ4n) is 2.07. The molecular weight excluding hydrogens is 314 g/mol. The number of hydrogen-bond acceptors (Lipinski definition) is 4. The van der Waals surface area contributed by atoms with Gasteiger partial charge in [-0.3, -0.25) is 4.79 Å². The zero-order chi connectivity index (χ0) is 16.8. The standard InChI is InChI=1S/C18H18ClNO3/c1-12-15(19)5-4-6-16(12)20-10-9-17(21)14-11-13(22-2)7-8-18(14)23-3/h4-11,20H,1-3H3. The summed E-state index contributed by atoms with van der Waals surface area (Å²) in [5, 5.41) is 3.73. The van der Waals surface area contributed by atoms with Gasteiger partial charge in [0.2, 0.25) is 0 Å². The third-order valence-corrected chi connectivity index (χ3v) is 3.82. The van der Waals surface area contributed by atoms with Crippen LogP contribution in [-0.2, 0) is 0 Å². The van der Waals surface area contributed by atoms with E-state index in [9.17, 15) is 4.79 Å². The van der Waals surface area contributed by atoms with Gasteiger partial charge in [0.15, 0.2) is 5.78 Å². The Balaban J connectivity index is 2.17. The van der Waals surface area contributed by atoms with Crippen molar-refractivity contribution in [3.8, 4) is 11.5 Å². The zero-order valence-electron chi connectivity index (χ0n) is 13.2. The van der Waals surface area contributed by atoms with Gasteiger partial charge >= 0.3 is 0 Å².